The second-order valence-electron chi connectivity index (χ2n) is 4.82. The van der Waals surface area contributed by atoms with Crippen LogP contribution in [0.1, 0.15) is 29.6 Å². The molecule has 5 heteroatoms. The van der Waals surface area contributed by atoms with Crippen LogP contribution in [0, 0.1) is 17.6 Å². The lowest BCUT2D eigenvalue weighted by molar-refractivity contribution is -0.114. The Hall–Kier alpha value is -1.78. The molecule has 0 spiro atoms. The largest absolute Gasteiger partial charge is 0.304 e. The molecule has 3 nitrogen and oxygen atoms in total. The Morgan fingerprint density at radius 3 is 2.56 bits per heavy atom. The monoisotopic (exact) mass is 251 g/mol. The number of hydrogen-bond donors (Lipinski definition) is 0. The standard InChI is InChI=1S/C13H11F2NO2/c14-8-4-9(15)11-10(5-8)16(13(18)12(11)17)6-7-2-1-3-7/h4-5,7H,1-3,6H2. The number of halogens is 2. The van der Waals surface area contributed by atoms with Crippen LogP contribution < -0.4 is 4.90 Å². The van der Waals surface area contributed by atoms with Gasteiger partial charge in [-0.05, 0) is 24.8 Å². The average Bonchev–Trinajstić information content (AvgIpc) is 2.47. The number of carbonyl (C=O) groups excluding carboxylic acids is 2. The van der Waals surface area contributed by atoms with Gasteiger partial charge in [-0.25, -0.2) is 8.78 Å². The molecule has 3 rings (SSSR count). The van der Waals surface area contributed by atoms with Gasteiger partial charge in [0.05, 0.1) is 11.3 Å². The summed E-state index contributed by atoms with van der Waals surface area (Å²) in [5.41, 5.74) is -0.213. The summed E-state index contributed by atoms with van der Waals surface area (Å²) in [6.45, 7) is 0.375. The fourth-order valence-corrected chi connectivity index (χ4v) is 2.45. The van der Waals surface area contributed by atoms with Crippen LogP contribution in [-0.4, -0.2) is 18.2 Å². The number of carbonyl (C=O) groups is 2. The Morgan fingerprint density at radius 2 is 1.94 bits per heavy atom. The molecule has 18 heavy (non-hydrogen) atoms. The van der Waals surface area contributed by atoms with E-state index >= 15 is 0 Å². The van der Waals surface area contributed by atoms with Gasteiger partial charge in [-0.2, -0.15) is 0 Å². The van der Waals surface area contributed by atoms with Crippen molar-refractivity contribution in [3.05, 3.63) is 29.3 Å². The first-order valence-corrected chi connectivity index (χ1v) is 5.93. The number of amides is 1. The van der Waals surface area contributed by atoms with Crippen molar-refractivity contribution in [2.45, 2.75) is 19.3 Å². The van der Waals surface area contributed by atoms with Crippen LogP contribution in [0.4, 0.5) is 14.5 Å². The summed E-state index contributed by atoms with van der Waals surface area (Å²) in [6.07, 6.45) is 3.08. The van der Waals surface area contributed by atoms with Gasteiger partial charge in [-0.15, -0.1) is 0 Å². The van der Waals surface area contributed by atoms with Gasteiger partial charge in [0.15, 0.2) is 0 Å². The zero-order chi connectivity index (χ0) is 12.9. The fraction of sp³-hybridized carbons (Fsp3) is 0.385. The Labute approximate surface area is 102 Å². The van der Waals surface area contributed by atoms with Crippen LogP contribution in [0.25, 0.3) is 0 Å². The van der Waals surface area contributed by atoms with E-state index < -0.39 is 23.3 Å². The van der Waals surface area contributed by atoms with Crippen LogP contribution in [0.5, 0.6) is 0 Å². The molecular weight excluding hydrogens is 240 g/mol. The van der Waals surface area contributed by atoms with E-state index in [9.17, 15) is 18.4 Å². The van der Waals surface area contributed by atoms with Gasteiger partial charge in [0, 0.05) is 12.6 Å². The highest BCUT2D eigenvalue weighted by Crippen LogP contribution is 2.35. The predicted molar refractivity (Wildman–Crippen MR) is 60.4 cm³/mol. The minimum absolute atomic E-state index is 0.0781. The molecule has 94 valence electrons. The van der Waals surface area contributed by atoms with Gasteiger partial charge in [0.25, 0.3) is 11.7 Å². The molecule has 0 atom stereocenters. The fourth-order valence-electron chi connectivity index (χ4n) is 2.45. The van der Waals surface area contributed by atoms with Gasteiger partial charge in [0.1, 0.15) is 11.6 Å². The van der Waals surface area contributed by atoms with E-state index in [0.29, 0.717) is 18.5 Å². The smallest absolute Gasteiger partial charge is 0.299 e. The first-order valence-electron chi connectivity index (χ1n) is 5.93. The van der Waals surface area contributed by atoms with Gasteiger partial charge >= 0.3 is 0 Å². The predicted octanol–water partition coefficient (Wildman–Crippen LogP) is 2.29. The lowest BCUT2D eigenvalue weighted by Gasteiger charge is -2.29. The Morgan fingerprint density at radius 1 is 1.22 bits per heavy atom. The van der Waals surface area contributed by atoms with Crippen LogP contribution >= 0.6 is 0 Å². The lowest BCUT2D eigenvalue weighted by atomic mass is 9.85. The maximum atomic E-state index is 13.5. The van der Waals surface area contributed by atoms with Crippen molar-refractivity contribution in [2.75, 3.05) is 11.4 Å². The third-order valence-corrected chi connectivity index (χ3v) is 3.66. The van der Waals surface area contributed by atoms with E-state index in [0.717, 1.165) is 25.3 Å². The molecule has 1 heterocycles. The van der Waals surface area contributed by atoms with Crippen molar-refractivity contribution in [1.82, 2.24) is 0 Å². The molecule has 1 aromatic carbocycles. The number of anilines is 1. The molecule has 0 aromatic heterocycles. The third-order valence-electron chi connectivity index (χ3n) is 3.66. The zero-order valence-electron chi connectivity index (χ0n) is 9.58. The highest BCUT2D eigenvalue weighted by Gasteiger charge is 2.40. The molecule has 0 radical (unpaired) electrons. The number of hydrogen-bond acceptors (Lipinski definition) is 2. The Kier molecular flexibility index (Phi) is 2.43. The first kappa shape index (κ1) is 11.3. The summed E-state index contributed by atoms with van der Waals surface area (Å²) in [6, 6.07) is 1.69. The number of nitrogens with zero attached hydrogens (tertiary/aromatic N) is 1. The minimum atomic E-state index is -0.959. The van der Waals surface area contributed by atoms with Gasteiger partial charge < -0.3 is 4.90 Å². The maximum absolute atomic E-state index is 13.5. The summed E-state index contributed by atoms with van der Waals surface area (Å²) in [5.74, 6) is -3.02. The number of benzene rings is 1. The third kappa shape index (κ3) is 1.54. The van der Waals surface area contributed by atoms with Crippen molar-refractivity contribution < 1.29 is 18.4 Å². The molecule has 1 aliphatic heterocycles. The molecule has 1 saturated carbocycles. The quantitative estimate of drug-likeness (QED) is 0.756. The van der Waals surface area contributed by atoms with Gasteiger partial charge in [0.2, 0.25) is 0 Å². The molecule has 0 bridgehead atoms. The number of rotatable bonds is 2. The average molecular weight is 251 g/mol. The van der Waals surface area contributed by atoms with Gasteiger partial charge in [-0.1, -0.05) is 6.42 Å². The summed E-state index contributed by atoms with van der Waals surface area (Å²) in [5, 5.41) is 0. The zero-order valence-corrected chi connectivity index (χ0v) is 9.58. The van der Waals surface area contributed by atoms with Crippen molar-refractivity contribution in [2.24, 2.45) is 5.92 Å². The molecule has 0 unspecified atom stereocenters. The van der Waals surface area contributed by atoms with Crippen LogP contribution in [-0.2, 0) is 4.79 Å². The van der Waals surface area contributed by atoms with E-state index in [1.807, 2.05) is 0 Å². The maximum Gasteiger partial charge on any atom is 0.299 e. The van der Waals surface area contributed by atoms with E-state index in [4.69, 9.17) is 0 Å². The SMILES string of the molecule is O=C1C(=O)N(CC2CCC2)c2cc(F)cc(F)c21. The molecule has 1 amide bonds. The minimum Gasteiger partial charge on any atom is -0.304 e. The Balaban J connectivity index is 2.02. The van der Waals surface area contributed by atoms with E-state index in [2.05, 4.69) is 0 Å². The molecule has 1 fully saturated rings. The second-order valence-corrected chi connectivity index (χ2v) is 4.82. The Bertz CT molecular complexity index is 552. The molecule has 0 N–H and O–H groups in total. The first-order chi connectivity index (χ1) is 8.58. The highest BCUT2D eigenvalue weighted by molar-refractivity contribution is 6.52. The van der Waals surface area contributed by atoms with Crippen molar-refractivity contribution >= 4 is 17.4 Å². The van der Waals surface area contributed by atoms with Crippen LogP contribution in [0.2, 0.25) is 0 Å². The number of fused-ring (bicyclic) bond motifs is 1. The van der Waals surface area contributed by atoms with Crippen molar-refractivity contribution in [1.29, 1.82) is 0 Å². The highest BCUT2D eigenvalue weighted by atomic mass is 19.1. The van der Waals surface area contributed by atoms with E-state index in [1.165, 1.54) is 4.90 Å². The van der Waals surface area contributed by atoms with E-state index in [-0.39, 0.29) is 11.3 Å². The summed E-state index contributed by atoms with van der Waals surface area (Å²) in [4.78, 5) is 24.7. The normalized spacial score (nSPS) is 19.1. The molecule has 1 aromatic rings. The molecule has 0 saturated heterocycles. The lowest BCUT2D eigenvalue weighted by Crippen LogP contribution is -2.36. The van der Waals surface area contributed by atoms with Crippen molar-refractivity contribution in [3.8, 4) is 0 Å². The van der Waals surface area contributed by atoms with Crippen molar-refractivity contribution in [3.63, 3.8) is 0 Å². The summed E-state index contributed by atoms with van der Waals surface area (Å²) in [7, 11) is 0. The number of Topliss-reactive ketones (excluding diaryl/α,β-unsaturated/α-hetero) is 1. The topological polar surface area (TPSA) is 37.4 Å². The summed E-state index contributed by atoms with van der Waals surface area (Å²) < 4.78 is 26.7. The summed E-state index contributed by atoms with van der Waals surface area (Å²) >= 11 is 0. The van der Waals surface area contributed by atoms with Crippen LogP contribution in [0.15, 0.2) is 12.1 Å². The second kappa shape index (κ2) is 3.86. The van der Waals surface area contributed by atoms with Crippen LogP contribution in [0.3, 0.4) is 0 Å². The molecular formula is C13H11F2NO2. The molecule has 1 aliphatic carbocycles. The van der Waals surface area contributed by atoms with Gasteiger partial charge in [-0.3, -0.25) is 9.59 Å². The van der Waals surface area contributed by atoms with E-state index in [1.54, 1.807) is 0 Å². The number of ketones is 1. The molecule has 2 aliphatic rings.